The van der Waals surface area contributed by atoms with Gasteiger partial charge in [-0.3, -0.25) is 4.79 Å². The number of Topliss-reactive ketones (excluding diaryl/α,β-unsaturated/α-hetero) is 1. The lowest BCUT2D eigenvalue weighted by molar-refractivity contribution is 0.101. The van der Waals surface area contributed by atoms with E-state index in [0.717, 1.165) is 5.56 Å². The first-order valence-electron chi connectivity index (χ1n) is 5.50. The first-order valence-corrected chi connectivity index (χ1v) is 5.50. The van der Waals surface area contributed by atoms with Crippen LogP contribution < -0.4 is 11.5 Å². The number of nitrogen functional groups attached to an aromatic ring is 2. The topological polar surface area (TPSA) is 94.9 Å². The van der Waals surface area contributed by atoms with Crippen LogP contribution in [0.5, 0.6) is 0 Å². The van der Waals surface area contributed by atoms with Gasteiger partial charge in [-0.05, 0) is 13.8 Å². The zero-order valence-electron chi connectivity index (χ0n) is 10.3. The minimum absolute atomic E-state index is 0.0212. The molecule has 0 aliphatic rings. The number of aryl methyl sites for hydroxylation is 1. The van der Waals surface area contributed by atoms with Crippen LogP contribution in [0.2, 0.25) is 0 Å². The Morgan fingerprint density at radius 1 is 1.11 bits per heavy atom. The highest BCUT2D eigenvalue weighted by atomic mass is 16.1. The van der Waals surface area contributed by atoms with Crippen molar-refractivity contribution in [3.63, 3.8) is 0 Å². The highest BCUT2D eigenvalue weighted by Gasteiger charge is 2.10. The lowest BCUT2D eigenvalue weighted by Gasteiger charge is -2.08. The fraction of sp³-hybridized carbons (Fsp3) is 0.154. The first kappa shape index (κ1) is 12.0. The second-order valence-corrected chi connectivity index (χ2v) is 4.06. The van der Waals surface area contributed by atoms with Crippen molar-refractivity contribution in [2.75, 3.05) is 11.5 Å². The molecule has 5 heteroatoms. The van der Waals surface area contributed by atoms with Gasteiger partial charge in [-0.2, -0.15) is 0 Å². The van der Waals surface area contributed by atoms with Crippen LogP contribution in [0.25, 0.3) is 11.3 Å². The molecule has 2 aromatic rings. The van der Waals surface area contributed by atoms with Gasteiger partial charge < -0.3 is 11.5 Å². The summed E-state index contributed by atoms with van der Waals surface area (Å²) in [6.07, 6.45) is 0. The number of nitrogens with zero attached hydrogens (tertiary/aromatic N) is 2. The van der Waals surface area contributed by atoms with Gasteiger partial charge in [0.15, 0.2) is 5.78 Å². The maximum absolute atomic E-state index is 11.2. The predicted molar refractivity (Wildman–Crippen MR) is 71.0 cm³/mol. The summed E-state index contributed by atoms with van der Waals surface area (Å²) in [4.78, 5) is 19.3. The Morgan fingerprint density at radius 2 is 1.72 bits per heavy atom. The zero-order chi connectivity index (χ0) is 13.3. The minimum Gasteiger partial charge on any atom is -0.395 e. The molecule has 5 nitrogen and oxygen atoms in total. The van der Waals surface area contributed by atoms with E-state index in [-0.39, 0.29) is 11.7 Å². The standard InChI is InChI=1S/C13H14N4O/c1-7-11(14)12(17-13(15)16-7)10-5-3-9(4-6-10)8(2)18/h3-6H,14H2,1-2H3,(H2,15,16,17). The van der Waals surface area contributed by atoms with Gasteiger partial charge in [-0.15, -0.1) is 0 Å². The third kappa shape index (κ3) is 2.15. The summed E-state index contributed by atoms with van der Waals surface area (Å²) < 4.78 is 0. The van der Waals surface area contributed by atoms with E-state index in [9.17, 15) is 4.79 Å². The van der Waals surface area contributed by atoms with Crippen molar-refractivity contribution in [3.05, 3.63) is 35.5 Å². The summed E-state index contributed by atoms with van der Waals surface area (Å²) >= 11 is 0. The number of rotatable bonds is 2. The molecule has 0 aliphatic carbocycles. The van der Waals surface area contributed by atoms with Crippen LogP contribution in [0.4, 0.5) is 11.6 Å². The van der Waals surface area contributed by atoms with E-state index < -0.39 is 0 Å². The number of hydrogen-bond acceptors (Lipinski definition) is 5. The van der Waals surface area contributed by atoms with E-state index in [1.165, 1.54) is 6.92 Å². The zero-order valence-corrected chi connectivity index (χ0v) is 10.3. The maximum Gasteiger partial charge on any atom is 0.220 e. The lowest BCUT2D eigenvalue weighted by atomic mass is 10.1. The van der Waals surface area contributed by atoms with Crippen LogP contribution >= 0.6 is 0 Å². The van der Waals surface area contributed by atoms with Crippen LogP contribution in [0, 0.1) is 6.92 Å². The molecule has 0 aliphatic heterocycles. The number of ketones is 1. The summed E-state index contributed by atoms with van der Waals surface area (Å²) in [5.41, 5.74) is 14.7. The fourth-order valence-electron chi connectivity index (χ4n) is 1.69. The molecule has 1 aromatic heterocycles. The van der Waals surface area contributed by atoms with Crippen LogP contribution in [0.1, 0.15) is 23.0 Å². The molecule has 0 fully saturated rings. The molecule has 18 heavy (non-hydrogen) atoms. The Labute approximate surface area is 105 Å². The molecule has 2 rings (SSSR count). The Kier molecular flexibility index (Phi) is 2.97. The number of carbonyl (C=O) groups excluding carboxylic acids is 1. The number of hydrogen-bond donors (Lipinski definition) is 2. The second-order valence-electron chi connectivity index (χ2n) is 4.06. The molecule has 0 spiro atoms. The number of aromatic nitrogens is 2. The summed E-state index contributed by atoms with van der Waals surface area (Å²) in [6, 6.07) is 7.08. The molecule has 92 valence electrons. The highest BCUT2D eigenvalue weighted by molar-refractivity contribution is 5.94. The minimum atomic E-state index is 0.0212. The molecule has 4 N–H and O–H groups in total. The van der Waals surface area contributed by atoms with Crippen molar-refractivity contribution in [1.29, 1.82) is 0 Å². The molecular weight excluding hydrogens is 228 g/mol. The molecule has 0 radical (unpaired) electrons. The van der Waals surface area contributed by atoms with Gasteiger partial charge in [0.1, 0.15) is 0 Å². The largest absolute Gasteiger partial charge is 0.395 e. The van der Waals surface area contributed by atoms with Crippen molar-refractivity contribution in [3.8, 4) is 11.3 Å². The van der Waals surface area contributed by atoms with Gasteiger partial charge in [0.05, 0.1) is 17.1 Å². The van der Waals surface area contributed by atoms with Gasteiger partial charge in [-0.25, -0.2) is 9.97 Å². The molecule has 0 atom stereocenters. The Hall–Kier alpha value is -2.43. The van der Waals surface area contributed by atoms with Crippen molar-refractivity contribution < 1.29 is 4.79 Å². The van der Waals surface area contributed by atoms with Gasteiger partial charge >= 0.3 is 0 Å². The number of carbonyl (C=O) groups is 1. The van der Waals surface area contributed by atoms with Crippen molar-refractivity contribution >= 4 is 17.4 Å². The highest BCUT2D eigenvalue weighted by Crippen LogP contribution is 2.26. The van der Waals surface area contributed by atoms with Gasteiger partial charge in [0.25, 0.3) is 0 Å². The predicted octanol–water partition coefficient (Wildman–Crippen LogP) is 1.82. The average Bonchev–Trinajstić information content (AvgIpc) is 2.34. The van der Waals surface area contributed by atoms with Crippen LogP contribution in [0.3, 0.4) is 0 Å². The molecule has 0 bridgehead atoms. The van der Waals surface area contributed by atoms with Gasteiger partial charge in [-0.1, -0.05) is 24.3 Å². The first-order chi connectivity index (χ1) is 8.49. The van der Waals surface area contributed by atoms with Crippen LogP contribution in [0.15, 0.2) is 24.3 Å². The van der Waals surface area contributed by atoms with E-state index in [1.807, 2.05) is 0 Å². The number of benzene rings is 1. The molecule has 1 heterocycles. The van der Waals surface area contributed by atoms with Crippen molar-refractivity contribution in [1.82, 2.24) is 9.97 Å². The van der Waals surface area contributed by atoms with Crippen LogP contribution in [-0.2, 0) is 0 Å². The SMILES string of the molecule is CC(=O)c1ccc(-c2nc(N)nc(C)c2N)cc1. The third-order valence-electron chi connectivity index (χ3n) is 2.72. The van der Waals surface area contributed by atoms with Crippen molar-refractivity contribution in [2.45, 2.75) is 13.8 Å². The number of anilines is 2. The van der Waals surface area contributed by atoms with Gasteiger partial charge in [0.2, 0.25) is 5.95 Å². The quantitative estimate of drug-likeness (QED) is 0.783. The van der Waals surface area contributed by atoms with E-state index in [4.69, 9.17) is 11.5 Å². The molecule has 0 saturated carbocycles. The normalized spacial score (nSPS) is 10.3. The molecular formula is C13H14N4O. The average molecular weight is 242 g/mol. The smallest absolute Gasteiger partial charge is 0.220 e. The van der Waals surface area contributed by atoms with E-state index >= 15 is 0 Å². The lowest BCUT2D eigenvalue weighted by Crippen LogP contribution is -2.04. The van der Waals surface area contributed by atoms with Crippen molar-refractivity contribution in [2.24, 2.45) is 0 Å². The third-order valence-corrected chi connectivity index (χ3v) is 2.72. The fourth-order valence-corrected chi connectivity index (χ4v) is 1.69. The summed E-state index contributed by atoms with van der Waals surface area (Å²) in [7, 11) is 0. The Balaban J connectivity index is 2.52. The van der Waals surface area contributed by atoms with E-state index in [1.54, 1.807) is 31.2 Å². The Bertz CT molecular complexity index is 605. The molecule has 0 amide bonds. The molecule has 0 saturated heterocycles. The molecule has 0 unspecified atom stereocenters. The van der Waals surface area contributed by atoms with Crippen LogP contribution in [-0.4, -0.2) is 15.8 Å². The summed E-state index contributed by atoms with van der Waals surface area (Å²) in [6.45, 7) is 3.30. The number of nitrogens with two attached hydrogens (primary N) is 2. The monoisotopic (exact) mass is 242 g/mol. The van der Waals surface area contributed by atoms with Gasteiger partial charge in [0, 0.05) is 11.1 Å². The summed E-state index contributed by atoms with van der Waals surface area (Å²) in [5, 5.41) is 0. The van der Waals surface area contributed by atoms with E-state index in [2.05, 4.69) is 9.97 Å². The summed E-state index contributed by atoms with van der Waals surface area (Å²) in [5.74, 6) is 0.209. The maximum atomic E-state index is 11.2. The van der Waals surface area contributed by atoms with E-state index in [0.29, 0.717) is 22.6 Å². The Morgan fingerprint density at radius 3 is 2.28 bits per heavy atom. The second kappa shape index (κ2) is 4.44. The molecule has 1 aromatic carbocycles.